The van der Waals surface area contributed by atoms with E-state index in [2.05, 4.69) is 0 Å². The Morgan fingerprint density at radius 3 is 2.21 bits per heavy atom. The summed E-state index contributed by atoms with van der Waals surface area (Å²) in [5.74, 6) is -2.44. The van der Waals surface area contributed by atoms with E-state index in [0.717, 1.165) is 11.6 Å². The molecule has 104 valence electrons. The first-order chi connectivity index (χ1) is 8.57. The van der Waals surface area contributed by atoms with Crippen molar-refractivity contribution in [1.82, 2.24) is 9.13 Å². The number of aromatic nitrogens is 2. The van der Waals surface area contributed by atoms with Gasteiger partial charge in [-0.1, -0.05) is 0 Å². The number of rotatable bonds is 2. The number of carbonyl (C=O) groups is 1. The molecular formula is C10H10F3N3O3. The SMILES string of the molecule is Cn1c(N)c(/C=C/C(=O)C(F)(F)F)c(=O)n(C)c1=O. The average molecular weight is 277 g/mol. The third-order valence-corrected chi connectivity index (χ3v) is 2.43. The molecule has 0 bridgehead atoms. The van der Waals surface area contributed by atoms with E-state index in [1.54, 1.807) is 0 Å². The van der Waals surface area contributed by atoms with Crippen LogP contribution in [0.5, 0.6) is 0 Å². The molecule has 0 saturated carbocycles. The number of nitrogens with zero attached hydrogens (tertiary/aromatic N) is 2. The highest BCUT2D eigenvalue weighted by Gasteiger charge is 2.36. The zero-order valence-electron chi connectivity index (χ0n) is 9.99. The van der Waals surface area contributed by atoms with Crippen LogP contribution in [0, 0.1) is 0 Å². The maximum absolute atomic E-state index is 12.0. The summed E-state index contributed by atoms with van der Waals surface area (Å²) in [5, 5.41) is 0. The summed E-state index contributed by atoms with van der Waals surface area (Å²) >= 11 is 0. The van der Waals surface area contributed by atoms with Crippen LogP contribution in [0.1, 0.15) is 5.56 Å². The monoisotopic (exact) mass is 277 g/mol. The van der Waals surface area contributed by atoms with Gasteiger partial charge in [0, 0.05) is 14.1 Å². The van der Waals surface area contributed by atoms with Crippen LogP contribution >= 0.6 is 0 Å². The van der Waals surface area contributed by atoms with Crippen molar-refractivity contribution in [3.63, 3.8) is 0 Å². The van der Waals surface area contributed by atoms with Gasteiger partial charge in [-0.3, -0.25) is 18.7 Å². The summed E-state index contributed by atoms with van der Waals surface area (Å²) in [6.07, 6.45) is -4.19. The fourth-order valence-electron chi connectivity index (χ4n) is 1.30. The summed E-state index contributed by atoms with van der Waals surface area (Å²) < 4.78 is 37.6. The molecule has 1 rings (SSSR count). The highest BCUT2D eigenvalue weighted by Crippen LogP contribution is 2.17. The molecule has 0 amide bonds. The van der Waals surface area contributed by atoms with E-state index >= 15 is 0 Å². The minimum atomic E-state index is -5.03. The standard InChI is InChI=1S/C10H10F3N3O3/c1-15-7(14)5(8(18)16(2)9(15)19)3-4-6(17)10(11,12)13/h3-4H,14H2,1-2H3/b4-3+. The number of allylic oxidation sites excluding steroid dienone is 1. The molecule has 0 aliphatic heterocycles. The summed E-state index contributed by atoms with van der Waals surface area (Å²) in [6.45, 7) is 0. The van der Waals surface area contributed by atoms with Gasteiger partial charge in [0.2, 0.25) is 0 Å². The highest BCUT2D eigenvalue weighted by atomic mass is 19.4. The predicted molar refractivity (Wildman–Crippen MR) is 61.4 cm³/mol. The fraction of sp³-hybridized carbons (Fsp3) is 0.300. The molecule has 9 heteroatoms. The van der Waals surface area contributed by atoms with Gasteiger partial charge in [-0.2, -0.15) is 13.2 Å². The van der Waals surface area contributed by atoms with E-state index in [1.807, 2.05) is 0 Å². The van der Waals surface area contributed by atoms with Crippen LogP contribution in [0.3, 0.4) is 0 Å². The minimum Gasteiger partial charge on any atom is -0.384 e. The molecule has 1 heterocycles. The van der Waals surface area contributed by atoms with Crippen molar-refractivity contribution in [3.8, 4) is 0 Å². The van der Waals surface area contributed by atoms with Crippen LogP contribution in [0.25, 0.3) is 6.08 Å². The van der Waals surface area contributed by atoms with Crippen LogP contribution in [-0.4, -0.2) is 21.1 Å². The lowest BCUT2D eigenvalue weighted by Gasteiger charge is -2.08. The Kier molecular flexibility index (Phi) is 3.68. The molecule has 1 aromatic rings. The Morgan fingerprint density at radius 2 is 1.74 bits per heavy atom. The van der Waals surface area contributed by atoms with Gasteiger partial charge in [-0.15, -0.1) is 0 Å². The first-order valence-corrected chi connectivity index (χ1v) is 4.92. The van der Waals surface area contributed by atoms with Crippen molar-refractivity contribution in [2.45, 2.75) is 6.18 Å². The van der Waals surface area contributed by atoms with Crippen molar-refractivity contribution in [1.29, 1.82) is 0 Å². The van der Waals surface area contributed by atoms with Gasteiger partial charge in [-0.05, 0) is 12.2 Å². The van der Waals surface area contributed by atoms with Gasteiger partial charge in [0.25, 0.3) is 11.3 Å². The van der Waals surface area contributed by atoms with Gasteiger partial charge in [0.15, 0.2) is 0 Å². The molecule has 0 saturated heterocycles. The Morgan fingerprint density at radius 1 is 1.21 bits per heavy atom. The molecule has 0 spiro atoms. The Balaban J connectivity index is 3.40. The van der Waals surface area contributed by atoms with E-state index in [9.17, 15) is 27.6 Å². The number of anilines is 1. The number of hydrogen-bond acceptors (Lipinski definition) is 4. The lowest BCUT2D eigenvalue weighted by molar-refractivity contribution is -0.165. The minimum absolute atomic E-state index is 0.192. The lowest BCUT2D eigenvalue weighted by Crippen LogP contribution is -2.39. The molecule has 0 aromatic carbocycles. The van der Waals surface area contributed by atoms with Crippen LogP contribution in [0.15, 0.2) is 15.7 Å². The molecule has 0 radical (unpaired) electrons. The van der Waals surface area contributed by atoms with E-state index in [0.29, 0.717) is 10.6 Å². The molecule has 0 atom stereocenters. The van der Waals surface area contributed by atoms with Crippen LogP contribution < -0.4 is 17.0 Å². The Labute approximate surface area is 104 Å². The van der Waals surface area contributed by atoms with E-state index < -0.39 is 23.2 Å². The topological polar surface area (TPSA) is 87.1 Å². The maximum Gasteiger partial charge on any atom is 0.454 e. The summed E-state index contributed by atoms with van der Waals surface area (Å²) in [7, 11) is 2.40. The molecular weight excluding hydrogens is 267 g/mol. The van der Waals surface area contributed by atoms with E-state index in [-0.39, 0.29) is 17.5 Å². The van der Waals surface area contributed by atoms with Crippen LogP contribution in [-0.2, 0) is 18.9 Å². The molecule has 1 aromatic heterocycles. The van der Waals surface area contributed by atoms with E-state index in [1.165, 1.54) is 7.05 Å². The summed E-state index contributed by atoms with van der Waals surface area (Å²) in [4.78, 5) is 33.8. The summed E-state index contributed by atoms with van der Waals surface area (Å²) in [6, 6.07) is 0. The van der Waals surface area contributed by atoms with Crippen molar-refractivity contribution >= 4 is 17.7 Å². The average Bonchev–Trinajstić information content (AvgIpc) is 2.32. The molecule has 0 unspecified atom stereocenters. The predicted octanol–water partition coefficient (Wildman–Crippen LogP) is -0.189. The molecule has 0 aliphatic rings. The molecule has 6 nitrogen and oxygen atoms in total. The second-order valence-corrected chi connectivity index (χ2v) is 3.70. The van der Waals surface area contributed by atoms with Crippen molar-refractivity contribution in [2.75, 3.05) is 5.73 Å². The van der Waals surface area contributed by atoms with Crippen molar-refractivity contribution in [2.24, 2.45) is 14.1 Å². The van der Waals surface area contributed by atoms with Crippen molar-refractivity contribution in [3.05, 3.63) is 32.5 Å². The Bertz CT molecular complexity index is 668. The molecule has 0 fully saturated rings. The zero-order valence-corrected chi connectivity index (χ0v) is 9.99. The lowest BCUT2D eigenvalue weighted by atomic mass is 10.2. The highest BCUT2D eigenvalue weighted by molar-refractivity contribution is 5.98. The normalized spacial score (nSPS) is 12.1. The number of carbonyl (C=O) groups excluding carboxylic acids is 1. The van der Waals surface area contributed by atoms with Gasteiger partial charge in [0.05, 0.1) is 5.56 Å². The molecule has 2 N–H and O–H groups in total. The number of nitrogen functional groups attached to an aromatic ring is 1. The number of ketones is 1. The van der Waals surface area contributed by atoms with Gasteiger partial charge < -0.3 is 5.73 Å². The Hall–Kier alpha value is -2.32. The van der Waals surface area contributed by atoms with Gasteiger partial charge in [0.1, 0.15) is 5.82 Å². The van der Waals surface area contributed by atoms with Crippen LogP contribution in [0.4, 0.5) is 19.0 Å². The van der Waals surface area contributed by atoms with Crippen molar-refractivity contribution < 1.29 is 18.0 Å². The largest absolute Gasteiger partial charge is 0.454 e. The third-order valence-electron chi connectivity index (χ3n) is 2.43. The fourth-order valence-corrected chi connectivity index (χ4v) is 1.30. The number of halogens is 3. The molecule has 19 heavy (non-hydrogen) atoms. The maximum atomic E-state index is 12.0. The first-order valence-electron chi connectivity index (χ1n) is 4.92. The smallest absolute Gasteiger partial charge is 0.384 e. The van der Waals surface area contributed by atoms with Crippen LogP contribution in [0.2, 0.25) is 0 Å². The number of alkyl halides is 3. The second kappa shape index (κ2) is 4.75. The summed E-state index contributed by atoms with van der Waals surface area (Å²) in [5.41, 5.74) is 3.49. The number of nitrogens with two attached hydrogens (primary N) is 1. The quantitative estimate of drug-likeness (QED) is 0.759. The number of hydrogen-bond donors (Lipinski definition) is 1. The van der Waals surface area contributed by atoms with E-state index in [4.69, 9.17) is 5.73 Å². The zero-order chi connectivity index (χ0) is 15.0. The first kappa shape index (κ1) is 14.7. The second-order valence-electron chi connectivity index (χ2n) is 3.70. The van der Waals surface area contributed by atoms with Gasteiger partial charge >= 0.3 is 11.9 Å². The third kappa shape index (κ3) is 2.75. The van der Waals surface area contributed by atoms with Gasteiger partial charge in [-0.25, -0.2) is 4.79 Å². The molecule has 0 aliphatic carbocycles.